The van der Waals surface area contributed by atoms with Gasteiger partial charge in [0.05, 0.1) is 17.8 Å². The van der Waals surface area contributed by atoms with Crippen molar-refractivity contribution in [3.8, 4) is 6.07 Å². The number of anilines is 1. The number of rotatable bonds is 3. The molecule has 0 saturated carbocycles. The van der Waals surface area contributed by atoms with Gasteiger partial charge in [0.25, 0.3) is 0 Å². The summed E-state index contributed by atoms with van der Waals surface area (Å²) in [6.07, 6.45) is 1.59. The van der Waals surface area contributed by atoms with Gasteiger partial charge in [0, 0.05) is 7.05 Å². The molecule has 1 aromatic carbocycles. The van der Waals surface area contributed by atoms with Gasteiger partial charge >= 0.3 is 0 Å². The van der Waals surface area contributed by atoms with Crippen molar-refractivity contribution in [3.63, 3.8) is 0 Å². The number of nitriles is 1. The van der Waals surface area contributed by atoms with E-state index >= 15 is 0 Å². The highest BCUT2D eigenvalue weighted by Gasteiger charge is 2.05. The van der Waals surface area contributed by atoms with Crippen molar-refractivity contribution < 1.29 is 4.39 Å². The SMILES string of the molecule is Cn1cnnc1CNc1ccc(F)cc1C#N. The Labute approximate surface area is 97.5 Å². The summed E-state index contributed by atoms with van der Waals surface area (Å²) in [6, 6.07) is 5.97. The summed E-state index contributed by atoms with van der Waals surface area (Å²) in [7, 11) is 1.83. The summed E-state index contributed by atoms with van der Waals surface area (Å²) in [5.41, 5.74) is 0.851. The molecule has 0 fully saturated rings. The fraction of sp³-hybridized carbons (Fsp3) is 0.182. The molecule has 5 nitrogen and oxygen atoms in total. The Morgan fingerprint density at radius 2 is 2.35 bits per heavy atom. The highest BCUT2D eigenvalue weighted by atomic mass is 19.1. The van der Waals surface area contributed by atoms with Crippen LogP contribution < -0.4 is 5.32 Å². The molecule has 86 valence electrons. The topological polar surface area (TPSA) is 66.5 Å². The fourth-order valence-electron chi connectivity index (χ4n) is 1.40. The van der Waals surface area contributed by atoms with Gasteiger partial charge in [0.1, 0.15) is 18.2 Å². The first-order chi connectivity index (χ1) is 8.20. The van der Waals surface area contributed by atoms with Crippen LogP contribution in [-0.4, -0.2) is 14.8 Å². The highest BCUT2D eigenvalue weighted by molar-refractivity contribution is 5.57. The van der Waals surface area contributed by atoms with E-state index in [9.17, 15) is 4.39 Å². The molecule has 0 aliphatic rings. The van der Waals surface area contributed by atoms with Gasteiger partial charge in [-0.1, -0.05) is 0 Å². The average molecular weight is 231 g/mol. The van der Waals surface area contributed by atoms with Gasteiger partial charge in [0.15, 0.2) is 5.82 Å². The van der Waals surface area contributed by atoms with Gasteiger partial charge in [-0.05, 0) is 18.2 Å². The Kier molecular flexibility index (Phi) is 3.01. The van der Waals surface area contributed by atoms with Crippen molar-refractivity contribution in [1.29, 1.82) is 5.26 Å². The number of hydrogen-bond acceptors (Lipinski definition) is 4. The van der Waals surface area contributed by atoms with E-state index < -0.39 is 5.82 Å². The Morgan fingerprint density at radius 3 is 3.00 bits per heavy atom. The third-order valence-electron chi connectivity index (χ3n) is 2.34. The minimum Gasteiger partial charge on any atom is -0.377 e. The first-order valence-electron chi connectivity index (χ1n) is 4.97. The van der Waals surface area contributed by atoms with Gasteiger partial charge in [-0.3, -0.25) is 0 Å². The van der Waals surface area contributed by atoms with Crippen LogP contribution in [0.25, 0.3) is 0 Å². The maximum atomic E-state index is 12.9. The van der Waals surface area contributed by atoms with E-state index in [0.717, 1.165) is 5.82 Å². The standard InChI is InChI=1S/C11H10FN5/c1-17-7-15-16-11(17)6-14-10-3-2-9(12)4-8(10)5-13/h2-4,7,14H,6H2,1H3. The van der Waals surface area contributed by atoms with E-state index in [1.54, 1.807) is 10.9 Å². The minimum atomic E-state index is -0.425. The van der Waals surface area contributed by atoms with Crippen LogP contribution in [0.2, 0.25) is 0 Å². The van der Waals surface area contributed by atoms with Gasteiger partial charge < -0.3 is 9.88 Å². The molecule has 0 radical (unpaired) electrons. The van der Waals surface area contributed by atoms with Crippen LogP contribution in [0.4, 0.5) is 10.1 Å². The Hall–Kier alpha value is -2.42. The molecule has 0 bridgehead atoms. The normalized spacial score (nSPS) is 9.94. The first kappa shape index (κ1) is 11.1. The predicted octanol–water partition coefficient (Wildman–Crippen LogP) is 1.44. The van der Waals surface area contributed by atoms with Gasteiger partial charge in [-0.25, -0.2) is 4.39 Å². The maximum Gasteiger partial charge on any atom is 0.151 e. The number of hydrogen-bond donors (Lipinski definition) is 1. The number of nitrogens with one attached hydrogen (secondary N) is 1. The number of aromatic nitrogens is 3. The molecular weight excluding hydrogens is 221 g/mol. The third kappa shape index (κ3) is 2.39. The van der Waals surface area contributed by atoms with Crippen LogP contribution >= 0.6 is 0 Å². The molecule has 0 saturated heterocycles. The number of nitrogens with zero attached hydrogens (tertiary/aromatic N) is 4. The summed E-state index contributed by atoms with van der Waals surface area (Å²) >= 11 is 0. The van der Waals surface area contributed by atoms with Crippen LogP contribution in [0.5, 0.6) is 0 Å². The smallest absolute Gasteiger partial charge is 0.151 e. The van der Waals surface area contributed by atoms with Crippen LogP contribution in [0.3, 0.4) is 0 Å². The van der Waals surface area contributed by atoms with Crippen LogP contribution in [0.1, 0.15) is 11.4 Å². The second kappa shape index (κ2) is 4.61. The Balaban J connectivity index is 2.15. The third-order valence-corrected chi connectivity index (χ3v) is 2.34. The molecule has 0 atom stereocenters. The lowest BCUT2D eigenvalue weighted by atomic mass is 10.2. The number of benzene rings is 1. The van der Waals surface area contributed by atoms with Crippen LogP contribution in [-0.2, 0) is 13.6 Å². The lowest BCUT2D eigenvalue weighted by molar-refractivity contribution is 0.627. The lowest BCUT2D eigenvalue weighted by Crippen LogP contribution is -2.06. The maximum absolute atomic E-state index is 12.9. The molecule has 17 heavy (non-hydrogen) atoms. The van der Waals surface area contributed by atoms with Crippen molar-refractivity contribution in [2.75, 3.05) is 5.32 Å². The molecule has 0 aliphatic heterocycles. The van der Waals surface area contributed by atoms with E-state index in [0.29, 0.717) is 12.2 Å². The molecule has 1 aromatic heterocycles. The molecule has 0 spiro atoms. The van der Waals surface area contributed by atoms with Crippen molar-refractivity contribution in [1.82, 2.24) is 14.8 Å². The summed E-state index contributed by atoms with van der Waals surface area (Å²) in [5.74, 6) is 0.309. The molecule has 1 N–H and O–H groups in total. The second-order valence-electron chi connectivity index (χ2n) is 3.51. The Bertz CT molecular complexity index is 569. The summed E-state index contributed by atoms with van der Waals surface area (Å²) in [5, 5.41) is 19.5. The van der Waals surface area contributed by atoms with Crippen LogP contribution in [0.15, 0.2) is 24.5 Å². The fourth-order valence-corrected chi connectivity index (χ4v) is 1.40. The zero-order valence-electron chi connectivity index (χ0n) is 9.18. The summed E-state index contributed by atoms with van der Waals surface area (Å²) < 4.78 is 14.7. The summed E-state index contributed by atoms with van der Waals surface area (Å²) in [6.45, 7) is 0.427. The van der Waals surface area contributed by atoms with Crippen molar-refractivity contribution in [2.24, 2.45) is 7.05 Å². The van der Waals surface area contributed by atoms with E-state index in [4.69, 9.17) is 5.26 Å². The number of halogens is 1. The van der Waals surface area contributed by atoms with E-state index in [1.165, 1.54) is 18.2 Å². The van der Waals surface area contributed by atoms with E-state index in [2.05, 4.69) is 15.5 Å². The zero-order chi connectivity index (χ0) is 12.3. The largest absolute Gasteiger partial charge is 0.377 e. The predicted molar refractivity (Wildman–Crippen MR) is 59.4 cm³/mol. The molecule has 0 amide bonds. The van der Waals surface area contributed by atoms with Crippen molar-refractivity contribution in [2.45, 2.75) is 6.54 Å². The summed E-state index contributed by atoms with van der Waals surface area (Å²) in [4.78, 5) is 0. The molecule has 1 heterocycles. The van der Waals surface area contributed by atoms with Gasteiger partial charge in [-0.15, -0.1) is 10.2 Å². The monoisotopic (exact) mass is 231 g/mol. The molecule has 0 unspecified atom stereocenters. The quantitative estimate of drug-likeness (QED) is 0.867. The highest BCUT2D eigenvalue weighted by Crippen LogP contribution is 2.16. The Morgan fingerprint density at radius 1 is 1.53 bits per heavy atom. The van der Waals surface area contributed by atoms with Gasteiger partial charge in [-0.2, -0.15) is 5.26 Å². The van der Waals surface area contributed by atoms with Crippen molar-refractivity contribution >= 4 is 5.69 Å². The second-order valence-corrected chi connectivity index (χ2v) is 3.51. The lowest BCUT2D eigenvalue weighted by Gasteiger charge is -2.07. The average Bonchev–Trinajstić information content (AvgIpc) is 2.73. The zero-order valence-corrected chi connectivity index (χ0v) is 9.18. The van der Waals surface area contributed by atoms with Crippen LogP contribution in [0, 0.1) is 17.1 Å². The molecule has 2 rings (SSSR count). The molecular formula is C11H10FN5. The molecule has 2 aromatic rings. The molecule has 6 heteroatoms. The van der Waals surface area contributed by atoms with Crippen molar-refractivity contribution in [3.05, 3.63) is 41.7 Å². The van der Waals surface area contributed by atoms with E-state index in [1.807, 2.05) is 13.1 Å². The van der Waals surface area contributed by atoms with E-state index in [-0.39, 0.29) is 5.56 Å². The molecule has 0 aliphatic carbocycles. The minimum absolute atomic E-state index is 0.271. The number of aryl methyl sites for hydroxylation is 1. The first-order valence-corrected chi connectivity index (χ1v) is 4.97. The van der Waals surface area contributed by atoms with Gasteiger partial charge in [0.2, 0.25) is 0 Å².